The first-order valence-electron chi connectivity index (χ1n) is 13.5. The molecule has 41 heavy (non-hydrogen) atoms. The number of aryl methyl sites for hydroxylation is 1. The lowest BCUT2D eigenvalue weighted by Crippen LogP contribution is -2.52. The standard InChI is InChI=1S/C31H38ClN3O5S/c1-6-28(31(37)33-19-22(2)3)34(20-24-11-10-12-26(18-24)40-5)30(36)21-35(29-16-15-25(32)17-23(29)4)41(38,39)27-13-8-7-9-14-27/h7-18,22,28H,6,19-21H2,1-5H3,(H,33,37)/t28-/m1/s1. The van der Waals surface area contributed by atoms with Crippen molar-refractivity contribution in [2.45, 2.75) is 51.6 Å². The Bertz CT molecular complexity index is 1450. The van der Waals surface area contributed by atoms with E-state index in [1.165, 1.54) is 17.0 Å². The molecule has 1 N–H and O–H groups in total. The predicted octanol–water partition coefficient (Wildman–Crippen LogP) is 5.43. The third-order valence-electron chi connectivity index (χ3n) is 6.60. The molecule has 0 unspecified atom stereocenters. The lowest BCUT2D eigenvalue weighted by Gasteiger charge is -2.33. The summed E-state index contributed by atoms with van der Waals surface area (Å²) in [7, 11) is -2.60. The molecule has 0 bridgehead atoms. The highest BCUT2D eigenvalue weighted by atomic mass is 35.5. The van der Waals surface area contributed by atoms with Crippen LogP contribution in [0.4, 0.5) is 5.69 Å². The van der Waals surface area contributed by atoms with Crippen LogP contribution in [0.2, 0.25) is 5.02 Å². The molecule has 0 radical (unpaired) electrons. The van der Waals surface area contributed by atoms with Gasteiger partial charge in [0, 0.05) is 18.1 Å². The van der Waals surface area contributed by atoms with E-state index in [1.807, 2.05) is 26.8 Å². The zero-order valence-electron chi connectivity index (χ0n) is 24.1. The van der Waals surface area contributed by atoms with Gasteiger partial charge in [0.25, 0.3) is 10.0 Å². The average molecular weight is 600 g/mol. The van der Waals surface area contributed by atoms with Gasteiger partial charge in [-0.3, -0.25) is 13.9 Å². The summed E-state index contributed by atoms with van der Waals surface area (Å²) in [6.07, 6.45) is 0.338. The highest BCUT2D eigenvalue weighted by Crippen LogP contribution is 2.29. The Balaban J connectivity index is 2.08. The monoisotopic (exact) mass is 599 g/mol. The highest BCUT2D eigenvalue weighted by Gasteiger charge is 2.34. The van der Waals surface area contributed by atoms with Crippen LogP contribution in [-0.4, -0.2) is 51.4 Å². The van der Waals surface area contributed by atoms with Crippen LogP contribution in [0.15, 0.2) is 77.7 Å². The molecule has 0 spiro atoms. The van der Waals surface area contributed by atoms with E-state index in [0.717, 1.165) is 9.87 Å². The number of anilines is 1. The van der Waals surface area contributed by atoms with E-state index in [-0.39, 0.29) is 23.3 Å². The minimum Gasteiger partial charge on any atom is -0.497 e. The molecule has 0 fully saturated rings. The van der Waals surface area contributed by atoms with E-state index >= 15 is 0 Å². The summed E-state index contributed by atoms with van der Waals surface area (Å²) < 4.78 is 34.3. The topological polar surface area (TPSA) is 96.0 Å². The molecule has 0 saturated carbocycles. The van der Waals surface area contributed by atoms with Gasteiger partial charge in [-0.05, 0) is 72.9 Å². The van der Waals surface area contributed by atoms with E-state index in [4.69, 9.17) is 16.3 Å². The van der Waals surface area contributed by atoms with Gasteiger partial charge in [-0.15, -0.1) is 0 Å². The lowest BCUT2D eigenvalue weighted by atomic mass is 10.1. The number of nitrogens with one attached hydrogen (secondary N) is 1. The molecule has 0 aromatic heterocycles. The fourth-order valence-corrected chi connectivity index (χ4v) is 6.17. The smallest absolute Gasteiger partial charge is 0.264 e. The molecular weight excluding hydrogens is 562 g/mol. The first-order valence-corrected chi connectivity index (χ1v) is 15.3. The number of sulfonamides is 1. The molecule has 2 amide bonds. The van der Waals surface area contributed by atoms with Crippen LogP contribution in [0.25, 0.3) is 0 Å². The molecule has 3 rings (SSSR count). The maximum atomic E-state index is 14.2. The van der Waals surface area contributed by atoms with E-state index in [1.54, 1.807) is 68.6 Å². The Kier molecular flexibility index (Phi) is 11.2. The normalized spacial score (nSPS) is 12.1. The van der Waals surface area contributed by atoms with Crippen molar-refractivity contribution in [3.63, 3.8) is 0 Å². The average Bonchev–Trinajstić information content (AvgIpc) is 2.95. The second-order valence-corrected chi connectivity index (χ2v) is 12.5. The van der Waals surface area contributed by atoms with Crippen LogP contribution in [0.5, 0.6) is 5.75 Å². The van der Waals surface area contributed by atoms with Gasteiger partial charge >= 0.3 is 0 Å². The van der Waals surface area contributed by atoms with Crippen LogP contribution in [0, 0.1) is 12.8 Å². The van der Waals surface area contributed by atoms with Crippen molar-refractivity contribution in [2.75, 3.05) is 24.5 Å². The first-order chi connectivity index (χ1) is 19.5. The molecule has 8 nitrogen and oxygen atoms in total. The van der Waals surface area contributed by atoms with Crippen LogP contribution in [-0.2, 0) is 26.2 Å². The second-order valence-electron chi connectivity index (χ2n) is 10.2. The van der Waals surface area contributed by atoms with Gasteiger partial charge in [0.1, 0.15) is 18.3 Å². The summed E-state index contributed by atoms with van der Waals surface area (Å²) in [5, 5.41) is 3.38. The zero-order chi connectivity index (χ0) is 30.2. The molecule has 3 aromatic rings. The summed E-state index contributed by atoms with van der Waals surface area (Å²) in [5.41, 5.74) is 1.66. The van der Waals surface area contributed by atoms with E-state index in [9.17, 15) is 18.0 Å². The number of ether oxygens (including phenoxy) is 1. The van der Waals surface area contributed by atoms with Crippen LogP contribution in [0.1, 0.15) is 38.3 Å². The fraction of sp³-hybridized carbons (Fsp3) is 0.355. The molecular formula is C31H38ClN3O5S. The molecule has 0 aliphatic rings. The summed E-state index contributed by atoms with van der Waals surface area (Å²) in [6.45, 7) is 7.56. The molecule has 220 valence electrons. The summed E-state index contributed by atoms with van der Waals surface area (Å²) in [6, 6.07) is 19.2. The number of benzene rings is 3. The fourth-order valence-electron chi connectivity index (χ4n) is 4.44. The number of methoxy groups -OCH3 is 1. The summed E-state index contributed by atoms with van der Waals surface area (Å²) >= 11 is 6.17. The quantitative estimate of drug-likeness (QED) is 0.283. The van der Waals surface area contributed by atoms with Crippen molar-refractivity contribution in [2.24, 2.45) is 5.92 Å². The van der Waals surface area contributed by atoms with Crippen molar-refractivity contribution >= 4 is 39.1 Å². The van der Waals surface area contributed by atoms with Crippen molar-refractivity contribution in [1.29, 1.82) is 0 Å². The summed E-state index contributed by atoms with van der Waals surface area (Å²) in [5.74, 6) is 0.0152. The van der Waals surface area contributed by atoms with Crippen LogP contribution < -0.4 is 14.4 Å². The number of halogens is 1. The number of carbonyl (C=O) groups is 2. The lowest BCUT2D eigenvalue weighted by molar-refractivity contribution is -0.140. The maximum absolute atomic E-state index is 14.2. The second kappa shape index (κ2) is 14.4. The molecule has 10 heteroatoms. The Labute approximate surface area is 248 Å². The van der Waals surface area contributed by atoms with Crippen molar-refractivity contribution in [1.82, 2.24) is 10.2 Å². The molecule has 0 aliphatic carbocycles. The van der Waals surface area contributed by atoms with Gasteiger partial charge in [0.05, 0.1) is 17.7 Å². The van der Waals surface area contributed by atoms with E-state index in [0.29, 0.717) is 35.0 Å². The third kappa shape index (κ3) is 8.24. The number of rotatable bonds is 13. The minimum absolute atomic E-state index is 0.0446. The molecule has 0 heterocycles. The van der Waals surface area contributed by atoms with Crippen LogP contribution >= 0.6 is 11.6 Å². The number of carbonyl (C=O) groups excluding carboxylic acids is 2. The van der Waals surface area contributed by atoms with E-state index < -0.39 is 28.5 Å². The Morgan fingerprint density at radius 2 is 1.71 bits per heavy atom. The molecule has 0 aliphatic heterocycles. The first kappa shape index (κ1) is 32.0. The Morgan fingerprint density at radius 3 is 2.32 bits per heavy atom. The number of nitrogens with zero attached hydrogens (tertiary/aromatic N) is 2. The van der Waals surface area contributed by atoms with Gasteiger partial charge in [-0.2, -0.15) is 0 Å². The van der Waals surface area contributed by atoms with Gasteiger partial charge < -0.3 is 15.0 Å². The maximum Gasteiger partial charge on any atom is 0.264 e. The zero-order valence-corrected chi connectivity index (χ0v) is 25.7. The third-order valence-corrected chi connectivity index (χ3v) is 8.60. The van der Waals surface area contributed by atoms with Crippen molar-refractivity contribution < 1.29 is 22.7 Å². The van der Waals surface area contributed by atoms with Gasteiger partial charge in [0.2, 0.25) is 11.8 Å². The van der Waals surface area contributed by atoms with Crippen LogP contribution in [0.3, 0.4) is 0 Å². The number of hydrogen-bond donors (Lipinski definition) is 1. The Hall–Kier alpha value is -3.56. The van der Waals surface area contributed by atoms with Gasteiger partial charge in [-0.1, -0.05) is 62.7 Å². The predicted molar refractivity (Wildman–Crippen MR) is 163 cm³/mol. The van der Waals surface area contributed by atoms with Gasteiger partial charge in [-0.25, -0.2) is 8.42 Å². The van der Waals surface area contributed by atoms with E-state index in [2.05, 4.69) is 5.32 Å². The van der Waals surface area contributed by atoms with Gasteiger partial charge in [0.15, 0.2) is 0 Å². The molecule has 1 atom stereocenters. The SMILES string of the molecule is CC[C@H](C(=O)NCC(C)C)N(Cc1cccc(OC)c1)C(=O)CN(c1ccc(Cl)cc1C)S(=O)(=O)c1ccccc1. The molecule has 0 saturated heterocycles. The largest absolute Gasteiger partial charge is 0.497 e. The number of amides is 2. The highest BCUT2D eigenvalue weighted by molar-refractivity contribution is 7.92. The number of hydrogen-bond acceptors (Lipinski definition) is 5. The molecule has 3 aromatic carbocycles. The van der Waals surface area contributed by atoms with Crippen molar-refractivity contribution in [3.8, 4) is 5.75 Å². The minimum atomic E-state index is -4.15. The van der Waals surface area contributed by atoms with Crippen molar-refractivity contribution in [3.05, 3.63) is 88.9 Å². The Morgan fingerprint density at radius 1 is 1.00 bits per heavy atom. The summed E-state index contributed by atoms with van der Waals surface area (Å²) in [4.78, 5) is 29.0.